The highest BCUT2D eigenvalue weighted by atomic mass is 16.5. The number of ether oxygens (including phenoxy) is 2. The number of pyridine rings is 1. The Hall–Kier alpha value is -3.80. The minimum Gasteiger partial charge on any atom is -0.497 e. The fourth-order valence-electron chi connectivity index (χ4n) is 3.55. The summed E-state index contributed by atoms with van der Waals surface area (Å²) in [6.45, 7) is 4.39. The molecule has 1 aromatic heterocycles. The lowest BCUT2D eigenvalue weighted by molar-refractivity contribution is 0.142. The number of methoxy groups -OCH3 is 1. The number of anilines is 2. The first-order chi connectivity index (χ1) is 15.0. The highest BCUT2D eigenvalue weighted by molar-refractivity contribution is 6.09. The van der Waals surface area contributed by atoms with Crippen molar-refractivity contribution in [1.82, 2.24) is 10.3 Å². The molecule has 2 N–H and O–H groups in total. The average Bonchev–Trinajstić information content (AvgIpc) is 2.78. The zero-order valence-electron chi connectivity index (χ0n) is 18.1. The van der Waals surface area contributed by atoms with Crippen molar-refractivity contribution in [3.63, 3.8) is 0 Å². The van der Waals surface area contributed by atoms with E-state index in [1.807, 2.05) is 42.5 Å². The predicted molar refractivity (Wildman–Crippen MR) is 124 cm³/mol. The third-order valence-electron chi connectivity index (χ3n) is 5.37. The van der Waals surface area contributed by atoms with E-state index in [-0.39, 0.29) is 6.61 Å². The van der Waals surface area contributed by atoms with E-state index in [0.29, 0.717) is 0 Å². The number of hydrogen-bond acceptors (Lipinski definition) is 5. The highest BCUT2D eigenvalue weighted by Crippen LogP contribution is 2.36. The largest absolute Gasteiger partial charge is 0.497 e. The topological polar surface area (TPSA) is 72.5 Å². The van der Waals surface area contributed by atoms with Gasteiger partial charge in [-0.05, 0) is 73.0 Å². The molecule has 0 aliphatic rings. The van der Waals surface area contributed by atoms with Crippen molar-refractivity contribution in [2.45, 2.75) is 20.5 Å². The lowest BCUT2D eigenvalue weighted by Crippen LogP contribution is -2.18. The van der Waals surface area contributed by atoms with E-state index in [9.17, 15) is 4.79 Å². The van der Waals surface area contributed by atoms with Crippen LogP contribution in [0.4, 0.5) is 16.2 Å². The van der Waals surface area contributed by atoms with E-state index < -0.39 is 6.09 Å². The Kier molecular flexibility index (Phi) is 5.62. The van der Waals surface area contributed by atoms with E-state index in [1.54, 1.807) is 7.11 Å². The van der Waals surface area contributed by atoms with Gasteiger partial charge in [-0.3, -0.25) is 0 Å². The monoisotopic (exact) mass is 415 g/mol. The number of nitrogens with one attached hydrogen (secondary N) is 2. The number of fused-ring (bicyclic) bond motifs is 2. The number of amides is 1. The van der Waals surface area contributed by atoms with E-state index in [2.05, 4.69) is 36.6 Å². The summed E-state index contributed by atoms with van der Waals surface area (Å²) in [7, 11) is 3.20. The zero-order valence-corrected chi connectivity index (χ0v) is 18.1. The quantitative estimate of drug-likeness (QED) is 0.414. The summed E-state index contributed by atoms with van der Waals surface area (Å²) in [5.41, 5.74) is 6.97. The van der Waals surface area contributed by atoms with Crippen LogP contribution in [0.3, 0.4) is 0 Å². The van der Waals surface area contributed by atoms with Crippen LogP contribution >= 0.6 is 0 Å². The Bertz CT molecular complexity index is 1280. The first-order valence-corrected chi connectivity index (χ1v) is 10.1. The molecular weight excluding hydrogens is 390 g/mol. The summed E-state index contributed by atoms with van der Waals surface area (Å²) in [6.07, 6.45) is -0.456. The number of alkyl carbamates (subject to hydrolysis) is 1. The Balaban J connectivity index is 1.83. The Labute approximate surface area is 181 Å². The predicted octanol–water partition coefficient (Wildman–Crippen LogP) is 5.61. The van der Waals surface area contributed by atoms with Crippen LogP contribution in [-0.4, -0.2) is 25.2 Å². The second-order valence-electron chi connectivity index (χ2n) is 7.48. The molecule has 31 heavy (non-hydrogen) atoms. The zero-order chi connectivity index (χ0) is 22.0. The Morgan fingerprint density at radius 2 is 1.74 bits per heavy atom. The maximum absolute atomic E-state index is 11.4. The number of aryl methyl sites for hydroxylation is 2. The molecule has 1 heterocycles. The Morgan fingerprint density at radius 3 is 2.52 bits per heavy atom. The van der Waals surface area contributed by atoms with Crippen molar-refractivity contribution in [2.24, 2.45) is 0 Å². The fraction of sp³-hybridized carbons (Fsp3) is 0.200. The molecule has 4 aromatic rings. The van der Waals surface area contributed by atoms with Crippen LogP contribution < -0.4 is 15.4 Å². The molecule has 0 bridgehead atoms. The number of nitrogens with zero attached hydrogens (tertiary/aromatic N) is 1. The van der Waals surface area contributed by atoms with Gasteiger partial charge in [0.2, 0.25) is 0 Å². The van der Waals surface area contributed by atoms with Gasteiger partial charge in [0.25, 0.3) is 0 Å². The smallest absolute Gasteiger partial charge is 0.407 e. The maximum Gasteiger partial charge on any atom is 0.407 e. The molecule has 6 nitrogen and oxygen atoms in total. The minimum absolute atomic E-state index is 0.194. The summed E-state index contributed by atoms with van der Waals surface area (Å²) in [6, 6.07) is 18.0. The minimum atomic E-state index is -0.456. The standard InChI is InChI=1S/C25H25N3O3/c1-15-10-20-23(11-16(15)2)28-22-9-8-19(30-4)13-21(22)24(20)27-18-7-5-6-17(12-18)14-31-25(29)26-3/h5-13H,14H2,1-4H3,(H,26,29)(H,27,28). The fourth-order valence-corrected chi connectivity index (χ4v) is 3.55. The van der Waals surface area contributed by atoms with Gasteiger partial charge in [-0.1, -0.05) is 12.1 Å². The molecule has 0 saturated carbocycles. The number of benzene rings is 3. The molecule has 0 atom stereocenters. The molecule has 158 valence electrons. The van der Waals surface area contributed by atoms with E-state index in [1.165, 1.54) is 18.2 Å². The summed E-state index contributed by atoms with van der Waals surface area (Å²) >= 11 is 0. The van der Waals surface area contributed by atoms with Crippen LogP contribution in [-0.2, 0) is 11.3 Å². The number of carbonyl (C=O) groups is 1. The first-order valence-electron chi connectivity index (χ1n) is 10.1. The summed E-state index contributed by atoms with van der Waals surface area (Å²) in [5, 5.41) is 8.05. The van der Waals surface area contributed by atoms with Gasteiger partial charge >= 0.3 is 6.09 Å². The van der Waals surface area contributed by atoms with Crippen molar-refractivity contribution >= 4 is 39.3 Å². The molecule has 4 rings (SSSR count). The molecule has 0 aliphatic carbocycles. The van der Waals surface area contributed by atoms with Crippen LogP contribution in [0, 0.1) is 13.8 Å². The van der Waals surface area contributed by atoms with Gasteiger partial charge in [-0.15, -0.1) is 0 Å². The molecule has 0 radical (unpaired) electrons. The van der Waals surface area contributed by atoms with Crippen molar-refractivity contribution in [2.75, 3.05) is 19.5 Å². The molecule has 0 fully saturated rings. The van der Waals surface area contributed by atoms with Crippen LogP contribution in [0.1, 0.15) is 16.7 Å². The third kappa shape index (κ3) is 4.23. The molecule has 0 unspecified atom stereocenters. The van der Waals surface area contributed by atoms with Gasteiger partial charge < -0.3 is 20.1 Å². The van der Waals surface area contributed by atoms with Crippen LogP contribution in [0.15, 0.2) is 54.6 Å². The van der Waals surface area contributed by atoms with Crippen LogP contribution in [0.2, 0.25) is 0 Å². The molecule has 0 saturated heterocycles. The number of carbonyl (C=O) groups excluding carboxylic acids is 1. The summed E-state index contributed by atoms with van der Waals surface area (Å²) < 4.78 is 10.6. The van der Waals surface area contributed by atoms with Gasteiger partial charge in [0.05, 0.1) is 23.8 Å². The Morgan fingerprint density at radius 1 is 0.968 bits per heavy atom. The number of aromatic nitrogens is 1. The van der Waals surface area contributed by atoms with Crippen molar-refractivity contribution in [3.05, 3.63) is 71.3 Å². The SMILES string of the molecule is CNC(=O)OCc1cccc(Nc2c3cc(OC)ccc3nc3cc(C)c(C)cc23)c1. The van der Waals surface area contributed by atoms with Gasteiger partial charge in [0, 0.05) is 23.5 Å². The van der Waals surface area contributed by atoms with Crippen molar-refractivity contribution in [3.8, 4) is 5.75 Å². The van der Waals surface area contributed by atoms with E-state index in [0.717, 1.165) is 44.5 Å². The summed E-state index contributed by atoms with van der Waals surface area (Å²) in [5.74, 6) is 0.772. The lowest BCUT2D eigenvalue weighted by atomic mass is 10.0. The lowest BCUT2D eigenvalue weighted by Gasteiger charge is -2.16. The maximum atomic E-state index is 11.4. The van der Waals surface area contributed by atoms with Gasteiger partial charge in [-0.25, -0.2) is 9.78 Å². The van der Waals surface area contributed by atoms with Crippen molar-refractivity contribution in [1.29, 1.82) is 0 Å². The van der Waals surface area contributed by atoms with E-state index in [4.69, 9.17) is 14.5 Å². The van der Waals surface area contributed by atoms with E-state index >= 15 is 0 Å². The second kappa shape index (κ2) is 8.52. The summed E-state index contributed by atoms with van der Waals surface area (Å²) in [4.78, 5) is 16.3. The van der Waals surface area contributed by atoms with Crippen LogP contribution in [0.5, 0.6) is 5.75 Å². The molecule has 1 amide bonds. The van der Waals surface area contributed by atoms with Gasteiger partial charge in [0.15, 0.2) is 0 Å². The average molecular weight is 415 g/mol. The number of hydrogen-bond donors (Lipinski definition) is 2. The van der Waals surface area contributed by atoms with Gasteiger partial charge in [0.1, 0.15) is 12.4 Å². The molecular formula is C25H25N3O3. The first kappa shape index (κ1) is 20.5. The van der Waals surface area contributed by atoms with Gasteiger partial charge in [-0.2, -0.15) is 0 Å². The number of rotatable bonds is 5. The third-order valence-corrected chi connectivity index (χ3v) is 5.37. The van der Waals surface area contributed by atoms with Crippen molar-refractivity contribution < 1.29 is 14.3 Å². The molecule has 0 spiro atoms. The van der Waals surface area contributed by atoms with Crippen LogP contribution in [0.25, 0.3) is 21.8 Å². The molecule has 3 aromatic carbocycles. The normalized spacial score (nSPS) is 10.8. The molecule has 0 aliphatic heterocycles. The highest BCUT2D eigenvalue weighted by Gasteiger charge is 2.13. The second-order valence-corrected chi connectivity index (χ2v) is 7.48. The molecule has 6 heteroatoms.